The zero-order valence-corrected chi connectivity index (χ0v) is 6.51. The topological polar surface area (TPSA) is 23.5 Å². The molecule has 1 heterocycles. The third kappa shape index (κ3) is 1.66. The van der Waals surface area contributed by atoms with E-state index in [0.717, 1.165) is 13.1 Å². The summed E-state index contributed by atoms with van der Waals surface area (Å²) in [5.74, 6) is 0.444. The van der Waals surface area contributed by atoms with Crippen molar-refractivity contribution in [3.63, 3.8) is 0 Å². The minimum Gasteiger partial charge on any atom is -0.495 e. The largest absolute Gasteiger partial charge is 0.495 e. The second-order valence-electron chi connectivity index (χ2n) is 2.69. The molecule has 0 spiro atoms. The van der Waals surface area contributed by atoms with Gasteiger partial charge in [-0.05, 0) is 32.3 Å². The third-order valence-electron chi connectivity index (χ3n) is 1.94. The summed E-state index contributed by atoms with van der Waals surface area (Å²) in [5.41, 5.74) is 0. The van der Waals surface area contributed by atoms with Gasteiger partial charge in [-0.25, -0.2) is 0 Å². The Kier molecular flexibility index (Phi) is 2.60. The number of aliphatic hydroxyl groups excluding tert-OH is 1. The van der Waals surface area contributed by atoms with Crippen molar-refractivity contribution in [2.75, 3.05) is 13.1 Å². The van der Waals surface area contributed by atoms with Gasteiger partial charge in [-0.15, -0.1) is 0 Å². The van der Waals surface area contributed by atoms with Crippen molar-refractivity contribution in [2.45, 2.75) is 26.2 Å². The van der Waals surface area contributed by atoms with Crippen LogP contribution in [0.1, 0.15) is 26.2 Å². The van der Waals surface area contributed by atoms with Crippen molar-refractivity contribution in [1.82, 2.24) is 4.90 Å². The van der Waals surface area contributed by atoms with E-state index in [1.165, 1.54) is 19.3 Å². The fraction of sp³-hybridized carbons (Fsp3) is 0.750. The van der Waals surface area contributed by atoms with Gasteiger partial charge in [0.05, 0.1) is 0 Å². The predicted octanol–water partition coefficient (Wildman–Crippen LogP) is 1.89. The van der Waals surface area contributed by atoms with Crippen molar-refractivity contribution < 1.29 is 5.11 Å². The number of nitrogens with zero attached hydrogens (tertiary/aromatic N) is 1. The summed E-state index contributed by atoms with van der Waals surface area (Å²) in [6.07, 6.45) is 5.51. The number of rotatable bonds is 1. The maximum absolute atomic E-state index is 9.27. The molecule has 0 atom stereocenters. The second-order valence-corrected chi connectivity index (χ2v) is 2.69. The highest BCUT2D eigenvalue weighted by Gasteiger charge is 2.10. The van der Waals surface area contributed by atoms with Crippen LogP contribution in [0.25, 0.3) is 0 Å². The number of likely N-dealkylation sites (tertiary alicyclic amines) is 1. The van der Waals surface area contributed by atoms with Gasteiger partial charge in [0.15, 0.2) is 5.88 Å². The molecule has 0 aliphatic carbocycles. The van der Waals surface area contributed by atoms with E-state index in [1.807, 2.05) is 11.8 Å². The normalized spacial score (nSPS) is 21.3. The molecule has 0 aromatic heterocycles. The molecule has 0 aromatic rings. The third-order valence-corrected chi connectivity index (χ3v) is 1.94. The summed E-state index contributed by atoms with van der Waals surface area (Å²) in [6.45, 7) is 3.91. The Morgan fingerprint density at radius 1 is 1.30 bits per heavy atom. The summed E-state index contributed by atoms with van der Waals surface area (Å²) in [7, 11) is 0. The molecule has 0 unspecified atom stereocenters. The van der Waals surface area contributed by atoms with Gasteiger partial charge in [0, 0.05) is 13.1 Å². The van der Waals surface area contributed by atoms with Crippen LogP contribution in [0.3, 0.4) is 0 Å². The second kappa shape index (κ2) is 3.49. The molecule has 1 N–H and O–H groups in total. The first-order valence-corrected chi connectivity index (χ1v) is 3.95. The van der Waals surface area contributed by atoms with Gasteiger partial charge in [0.2, 0.25) is 0 Å². The highest BCUT2D eigenvalue weighted by atomic mass is 16.3. The van der Waals surface area contributed by atoms with Gasteiger partial charge < -0.3 is 10.0 Å². The van der Waals surface area contributed by atoms with Gasteiger partial charge in [-0.2, -0.15) is 0 Å². The number of piperidine rings is 1. The molecule has 0 radical (unpaired) electrons. The molecule has 0 bridgehead atoms. The van der Waals surface area contributed by atoms with Gasteiger partial charge in [0.1, 0.15) is 0 Å². The summed E-state index contributed by atoms with van der Waals surface area (Å²) >= 11 is 0. The lowest BCUT2D eigenvalue weighted by atomic mass is 10.1. The SMILES string of the molecule is C/C=C(\O)N1CCCCC1. The van der Waals surface area contributed by atoms with Crippen LogP contribution in [0.2, 0.25) is 0 Å². The number of hydrogen-bond donors (Lipinski definition) is 1. The zero-order valence-electron chi connectivity index (χ0n) is 6.51. The van der Waals surface area contributed by atoms with Crippen molar-refractivity contribution in [3.8, 4) is 0 Å². The molecule has 1 fully saturated rings. The van der Waals surface area contributed by atoms with E-state index in [2.05, 4.69) is 0 Å². The van der Waals surface area contributed by atoms with E-state index in [0.29, 0.717) is 5.88 Å². The van der Waals surface area contributed by atoms with E-state index in [4.69, 9.17) is 0 Å². The highest BCUT2D eigenvalue weighted by molar-refractivity contribution is 4.89. The fourth-order valence-electron chi connectivity index (χ4n) is 1.31. The maximum atomic E-state index is 9.27. The minimum absolute atomic E-state index is 0.444. The average molecular weight is 141 g/mol. The standard InChI is InChI=1S/C8H15NO/c1-2-8(10)9-6-4-3-5-7-9/h2,10H,3-7H2,1H3/b8-2-. The predicted molar refractivity (Wildman–Crippen MR) is 41.8 cm³/mol. The molecule has 1 aliphatic rings. The van der Waals surface area contributed by atoms with Gasteiger partial charge in [-0.1, -0.05) is 0 Å². The molecule has 2 heteroatoms. The van der Waals surface area contributed by atoms with Crippen LogP contribution < -0.4 is 0 Å². The Balaban J connectivity index is 2.39. The Labute approximate surface area is 62.2 Å². The smallest absolute Gasteiger partial charge is 0.182 e. The quantitative estimate of drug-likeness (QED) is 0.564. The molecule has 0 saturated carbocycles. The van der Waals surface area contributed by atoms with Crippen molar-refractivity contribution >= 4 is 0 Å². The Morgan fingerprint density at radius 2 is 1.90 bits per heavy atom. The monoisotopic (exact) mass is 141 g/mol. The van der Waals surface area contributed by atoms with Crippen molar-refractivity contribution in [3.05, 3.63) is 12.0 Å². The molecule has 0 amide bonds. The molecule has 1 rings (SSSR count). The van der Waals surface area contributed by atoms with E-state index in [9.17, 15) is 5.11 Å². The summed E-state index contributed by atoms with van der Waals surface area (Å²) in [5, 5.41) is 9.27. The number of allylic oxidation sites excluding steroid dienone is 1. The van der Waals surface area contributed by atoms with Crippen LogP contribution in [-0.2, 0) is 0 Å². The van der Waals surface area contributed by atoms with E-state index in [-0.39, 0.29) is 0 Å². The Morgan fingerprint density at radius 3 is 2.40 bits per heavy atom. The van der Waals surface area contributed by atoms with Gasteiger partial charge in [0.25, 0.3) is 0 Å². The number of aliphatic hydroxyl groups is 1. The molecule has 1 saturated heterocycles. The van der Waals surface area contributed by atoms with Gasteiger partial charge >= 0.3 is 0 Å². The lowest BCUT2D eigenvalue weighted by molar-refractivity contribution is 0.174. The van der Waals surface area contributed by atoms with Crippen molar-refractivity contribution in [2.24, 2.45) is 0 Å². The van der Waals surface area contributed by atoms with Gasteiger partial charge in [-0.3, -0.25) is 0 Å². The average Bonchev–Trinajstić information content (AvgIpc) is 2.05. The van der Waals surface area contributed by atoms with Crippen LogP contribution >= 0.6 is 0 Å². The molecular formula is C8H15NO. The molecule has 2 nitrogen and oxygen atoms in total. The van der Waals surface area contributed by atoms with Crippen LogP contribution in [0, 0.1) is 0 Å². The first-order chi connectivity index (χ1) is 4.84. The maximum Gasteiger partial charge on any atom is 0.182 e. The summed E-state index contributed by atoms with van der Waals surface area (Å²) in [4.78, 5) is 2.03. The van der Waals surface area contributed by atoms with E-state index < -0.39 is 0 Å². The zero-order chi connectivity index (χ0) is 7.40. The van der Waals surface area contributed by atoms with Crippen LogP contribution in [0.5, 0.6) is 0 Å². The van der Waals surface area contributed by atoms with Crippen LogP contribution in [0.4, 0.5) is 0 Å². The van der Waals surface area contributed by atoms with Crippen molar-refractivity contribution in [1.29, 1.82) is 0 Å². The molecule has 1 aliphatic heterocycles. The lowest BCUT2D eigenvalue weighted by Crippen LogP contribution is -2.28. The first-order valence-electron chi connectivity index (χ1n) is 3.95. The fourth-order valence-corrected chi connectivity index (χ4v) is 1.31. The number of hydrogen-bond acceptors (Lipinski definition) is 2. The lowest BCUT2D eigenvalue weighted by Gasteiger charge is -2.27. The first kappa shape index (κ1) is 7.45. The Hall–Kier alpha value is -0.660. The van der Waals surface area contributed by atoms with E-state index >= 15 is 0 Å². The van der Waals surface area contributed by atoms with Crippen LogP contribution in [-0.4, -0.2) is 23.1 Å². The molecule has 10 heavy (non-hydrogen) atoms. The van der Waals surface area contributed by atoms with Crippen LogP contribution in [0.15, 0.2) is 12.0 Å². The van der Waals surface area contributed by atoms with E-state index in [1.54, 1.807) is 6.08 Å². The minimum atomic E-state index is 0.444. The Bertz CT molecular complexity index is 125. The highest BCUT2D eigenvalue weighted by Crippen LogP contribution is 2.12. The molecular weight excluding hydrogens is 126 g/mol. The molecule has 0 aromatic carbocycles. The summed E-state index contributed by atoms with van der Waals surface area (Å²) in [6, 6.07) is 0. The molecule has 58 valence electrons. The summed E-state index contributed by atoms with van der Waals surface area (Å²) < 4.78 is 0.